The van der Waals surface area contributed by atoms with Gasteiger partial charge in [0.1, 0.15) is 0 Å². The predicted molar refractivity (Wildman–Crippen MR) is 77.8 cm³/mol. The topological polar surface area (TPSA) is 9.23 Å². The zero-order chi connectivity index (χ0) is 12.4. The summed E-state index contributed by atoms with van der Waals surface area (Å²) in [5.41, 5.74) is 0. The molecule has 2 aromatic carbocycles. The summed E-state index contributed by atoms with van der Waals surface area (Å²) in [6, 6.07) is 20.5. The Bertz CT molecular complexity index is 483. The normalized spacial score (nSPS) is 13.7. The molecule has 0 fully saturated rings. The Labute approximate surface area is 103 Å². The van der Waals surface area contributed by atoms with Crippen molar-refractivity contribution in [2.45, 2.75) is 0 Å². The van der Waals surface area contributed by atoms with E-state index >= 15 is 0 Å². The van der Waals surface area contributed by atoms with Crippen LogP contribution in [0.2, 0.25) is 0 Å². The van der Waals surface area contributed by atoms with Crippen molar-refractivity contribution < 1.29 is 4.52 Å². The van der Waals surface area contributed by atoms with Gasteiger partial charge in [-0.1, -0.05) is 0 Å². The standard InChI is InChI=1S/C15H19OP/c1-17(2,3,15-12-8-5-9-13-15)16-14-10-6-4-7-11-14/h4-13H,1-3H3. The number of hydrogen-bond acceptors (Lipinski definition) is 1. The van der Waals surface area contributed by atoms with Gasteiger partial charge in [0.25, 0.3) is 0 Å². The molecule has 0 atom stereocenters. The fourth-order valence-electron chi connectivity index (χ4n) is 1.84. The van der Waals surface area contributed by atoms with Crippen LogP contribution in [0.5, 0.6) is 5.75 Å². The summed E-state index contributed by atoms with van der Waals surface area (Å²) < 4.78 is 6.31. The van der Waals surface area contributed by atoms with Crippen LogP contribution in [0.1, 0.15) is 0 Å². The van der Waals surface area contributed by atoms with Crippen LogP contribution in [-0.4, -0.2) is 20.0 Å². The molecule has 0 aromatic heterocycles. The zero-order valence-electron chi connectivity index (χ0n) is 10.6. The first-order chi connectivity index (χ1) is 7.96. The maximum atomic E-state index is 6.31. The molecule has 0 bridgehead atoms. The van der Waals surface area contributed by atoms with Gasteiger partial charge in [0.2, 0.25) is 0 Å². The molecule has 0 N–H and O–H groups in total. The van der Waals surface area contributed by atoms with E-state index in [9.17, 15) is 0 Å². The van der Waals surface area contributed by atoms with Crippen LogP contribution in [0.3, 0.4) is 0 Å². The molecule has 1 nitrogen and oxygen atoms in total. The van der Waals surface area contributed by atoms with E-state index in [2.05, 4.69) is 44.3 Å². The van der Waals surface area contributed by atoms with E-state index in [0.29, 0.717) is 0 Å². The van der Waals surface area contributed by atoms with E-state index in [1.165, 1.54) is 5.30 Å². The quantitative estimate of drug-likeness (QED) is 0.749. The number of benzene rings is 2. The minimum atomic E-state index is -2.30. The van der Waals surface area contributed by atoms with Crippen molar-refractivity contribution in [1.29, 1.82) is 0 Å². The van der Waals surface area contributed by atoms with Gasteiger partial charge in [-0.25, -0.2) is 0 Å². The van der Waals surface area contributed by atoms with E-state index in [0.717, 1.165) is 5.75 Å². The summed E-state index contributed by atoms with van der Waals surface area (Å²) in [7, 11) is 0. The average molecular weight is 246 g/mol. The Morgan fingerprint density at radius 2 is 1.18 bits per heavy atom. The summed E-state index contributed by atoms with van der Waals surface area (Å²) in [5, 5.41) is 1.29. The molecule has 0 unspecified atom stereocenters. The molecule has 0 saturated heterocycles. The van der Waals surface area contributed by atoms with Crippen LogP contribution in [0, 0.1) is 0 Å². The molecule has 90 valence electrons. The predicted octanol–water partition coefficient (Wildman–Crippen LogP) is 3.75. The van der Waals surface area contributed by atoms with Crippen molar-refractivity contribution in [2.75, 3.05) is 20.0 Å². The van der Waals surface area contributed by atoms with E-state index in [1.54, 1.807) is 0 Å². The monoisotopic (exact) mass is 246 g/mol. The summed E-state index contributed by atoms with van der Waals surface area (Å²) in [4.78, 5) is 0. The molecule has 0 aliphatic heterocycles. The first-order valence-electron chi connectivity index (χ1n) is 5.77. The molecular formula is C15H19OP. The fraction of sp³-hybridized carbons (Fsp3) is 0.200. The SMILES string of the molecule is CP(C)(C)(Oc1ccccc1)c1ccccc1. The van der Waals surface area contributed by atoms with Gasteiger partial charge in [0.15, 0.2) is 0 Å². The summed E-state index contributed by atoms with van der Waals surface area (Å²) in [6.45, 7) is 4.39. The van der Waals surface area contributed by atoms with Crippen LogP contribution in [0.25, 0.3) is 0 Å². The third-order valence-corrected chi connectivity index (χ3v) is 5.71. The van der Waals surface area contributed by atoms with E-state index < -0.39 is 6.83 Å². The molecule has 0 heterocycles. The number of hydrogen-bond donors (Lipinski definition) is 0. The second-order valence-electron chi connectivity index (χ2n) is 5.39. The Morgan fingerprint density at radius 3 is 1.71 bits per heavy atom. The second kappa shape index (κ2) is 4.16. The van der Waals surface area contributed by atoms with Crippen molar-refractivity contribution >= 4 is 12.1 Å². The van der Waals surface area contributed by atoms with Crippen molar-refractivity contribution in [3.63, 3.8) is 0 Å². The molecule has 0 amide bonds. The van der Waals surface area contributed by atoms with E-state index in [1.807, 2.05) is 36.4 Å². The van der Waals surface area contributed by atoms with Gasteiger partial charge in [-0.2, -0.15) is 0 Å². The summed E-state index contributed by atoms with van der Waals surface area (Å²) in [6.07, 6.45) is 0. The second-order valence-corrected chi connectivity index (χ2v) is 11.4. The van der Waals surface area contributed by atoms with E-state index in [-0.39, 0.29) is 0 Å². The van der Waals surface area contributed by atoms with Gasteiger partial charge in [0, 0.05) is 0 Å². The molecule has 0 radical (unpaired) electrons. The first kappa shape index (κ1) is 12.1. The molecule has 2 aromatic rings. The summed E-state index contributed by atoms with van der Waals surface area (Å²) >= 11 is 0. The molecule has 0 aliphatic carbocycles. The third kappa shape index (κ3) is 2.87. The Morgan fingerprint density at radius 1 is 0.706 bits per heavy atom. The maximum absolute atomic E-state index is 6.31. The van der Waals surface area contributed by atoms with Gasteiger partial charge < -0.3 is 0 Å². The molecular weight excluding hydrogens is 227 g/mol. The van der Waals surface area contributed by atoms with Crippen molar-refractivity contribution in [3.05, 3.63) is 60.7 Å². The minimum absolute atomic E-state index is 0.946. The van der Waals surface area contributed by atoms with Crippen LogP contribution in [0.4, 0.5) is 0 Å². The number of rotatable bonds is 3. The van der Waals surface area contributed by atoms with Crippen LogP contribution >= 0.6 is 6.83 Å². The fourth-order valence-corrected chi connectivity index (χ4v) is 3.99. The van der Waals surface area contributed by atoms with Gasteiger partial charge in [-0.3, -0.25) is 0 Å². The molecule has 0 saturated carbocycles. The Hall–Kier alpha value is -1.33. The zero-order valence-corrected chi connectivity index (χ0v) is 11.5. The van der Waals surface area contributed by atoms with Gasteiger partial charge in [-0.15, -0.1) is 0 Å². The van der Waals surface area contributed by atoms with Crippen LogP contribution in [-0.2, 0) is 0 Å². The molecule has 17 heavy (non-hydrogen) atoms. The van der Waals surface area contributed by atoms with Crippen molar-refractivity contribution in [2.24, 2.45) is 0 Å². The molecule has 2 heteroatoms. The van der Waals surface area contributed by atoms with E-state index in [4.69, 9.17) is 4.52 Å². The summed E-state index contributed by atoms with van der Waals surface area (Å²) in [5.74, 6) is 0.946. The van der Waals surface area contributed by atoms with Gasteiger partial charge >= 0.3 is 103 Å². The van der Waals surface area contributed by atoms with Crippen LogP contribution < -0.4 is 9.83 Å². The van der Waals surface area contributed by atoms with Gasteiger partial charge in [-0.05, 0) is 0 Å². The number of para-hydroxylation sites is 1. The molecule has 0 spiro atoms. The van der Waals surface area contributed by atoms with Gasteiger partial charge in [0.05, 0.1) is 0 Å². The third-order valence-electron chi connectivity index (χ3n) is 2.80. The van der Waals surface area contributed by atoms with Crippen molar-refractivity contribution in [3.8, 4) is 5.75 Å². The Balaban J connectivity index is 2.35. The molecule has 2 rings (SSSR count). The van der Waals surface area contributed by atoms with Crippen LogP contribution in [0.15, 0.2) is 60.7 Å². The first-order valence-corrected chi connectivity index (χ1v) is 9.27. The molecule has 0 aliphatic rings. The Kier molecular flexibility index (Phi) is 2.97. The van der Waals surface area contributed by atoms with Crippen molar-refractivity contribution in [1.82, 2.24) is 0 Å². The average Bonchev–Trinajstić information content (AvgIpc) is 2.30.